The first-order valence-corrected chi connectivity index (χ1v) is 5.11. The molecule has 1 fully saturated rings. The van der Waals surface area contributed by atoms with Crippen molar-refractivity contribution in [2.45, 2.75) is 26.1 Å². The van der Waals surface area contributed by atoms with Crippen molar-refractivity contribution in [1.29, 1.82) is 0 Å². The summed E-state index contributed by atoms with van der Waals surface area (Å²) < 4.78 is 7.52. The Bertz CT molecular complexity index is 281. The van der Waals surface area contributed by atoms with Gasteiger partial charge in [0, 0.05) is 12.7 Å². The van der Waals surface area contributed by atoms with Crippen molar-refractivity contribution in [3.63, 3.8) is 0 Å². The van der Waals surface area contributed by atoms with Crippen molar-refractivity contribution in [2.75, 3.05) is 13.7 Å². The van der Waals surface area contributed by atoms with Gasteiger partial charge < -0.3 is 14.6 Å². The van der Waals surface area contributed by atoms with E-state index in [4.69, 9.17) is 4.74 Å². The summed E-state index contributed by atoms with van der Waals surface area (Å²) in [6.45, 7) is 2.35. The van der Waals surface area contributed by atoms with Gasteiger partial charge >= 0.3 is 0 Å². The van der Waals surface area contributed by atoms with Crippen LogP contribution in [0.25, 0.3) is 0 Å². The smallest absolute Gasteiger partial charge is 0.123 e. The predicted molar refractivity (Wildman–Crippen MR) is 53.7 cm³/mol. The second-order valence-corrected chi connectivity index (χ2v) is 3.85. The molecular formula is C10H17N3O. The summed E-state index contributed by atoms with van der Waals surface area (Å²) in [7, 11) is 1.92. The number of ether oxygens (including phenoxy) is 1. The van der Waals surface area contributed by atoms with Gasteiger partial charge in [-0.2, -0.15) is 0 Å². The van der Waals surface area contributed by atoms with E-state index in [0.717, 1.165) is 24.8 Å². The van der Waals surface area contributed by atoms with Crippen LogP contribution in [0.1, 0.15) is 18.5 Å². The Morgan fingerprint density at radius 2 is 2.50 bits per heavy atom. The molecule has 78 valence electrons. The first-order chi connectivity index (χ1) is 6.88. The second kappa shape index (κ2) is 4.57. The van der Waals surface area contributed by atoms with Crippen molar-refractivity contribution < 1.29 is 4.74 Å². The van der Waals surface area contributed by atoms with E-state index in [0.29, 0.717) is 6.73 Å². The van der Waals surface area contributed by atoms with Crippen LogP contribution in [0.15, 0.2) is 12.5 Å². The molecule has 1 aliphatic carbocycles. The minimum absolute atomic E-state index is 0.632. The lowest BCUT2D eigenvalue weighted by Gasteiger charge is -2.02. The zero-order valence-corrected chi connectivity index (χ0v) is 8.57. The van der Waals surface area contributed by atoms with Crippen molar-refractivity contribution in [3.05, 3.63) is 18.2 Å². The molecule has 14 heavy (non-hydrogen) atoms. The number of nitrogens with one attached hydrogen (secondary N) is 1. The Morgan fingerprint density at radius 3 is 3.21 bits per heavy atom. The van der Waals surface area contributed by atoms with Gasteiger partial charge in [-0.15, -0.1) is 0 Å². The molecule has 4 nitrogen and oxygen atoms in total. The van der Waals surface area contributed by atoms with Crippen LogP contribution in [0.2, 0.25) is 0 Å². The van der Waals surface area contributed by atoms with Gasteiger partial charge in [0.25, 0.3) is 0 Å². The van der Waals surface area contributed by atoms with E-state index in [2.05, 4.69) is 10.3 Å². The van der Waals surface area contributed by atoms with Crippen LogP contribution in [0.4, 0.5) is 0 Å². The van der Waals surface area contributed by atoms with E-state index in [1.165, 1.54) is 12.8 Å². The summed E-state index contributed by atoms with van der Waals surface area (Å²) in [6, 6.07) is 0. The summed E-state index contributed by atoms with van der Waals surface area (Å²) >= 11 is 0. The minimum Gasteiger partial charge on any atom is -0.360 e. The van der Waals surface area contributed by atoms with Gasteiger partial charge in [-0.05, 0) is 25.8 Å². The zero-order valence-electron chi connectivity index (χ0n) is 8.57. The maximum Gasteiger partial charge on any atom is 0.123 e. The normalized spacial score (nSPS) is 16.1. The van der Waals surface area contributed by atoms with Gasteiger partial charge in [0.05, 0.1) is 18.6 Å². The molecule has 0 spiro atoms. The lowest BCUT2D eigenvalue weighted by molar-refractivity contribution is 0.0689. The van der Waals surface area contributed by atoms with Crippen LogP contribution in [-0.2, 0) is 18.0 Å². The van der Waals surface area contributed by atoms with Crippen LogP contribution in [0.5, 0.6) is 0 Å². The highest BCUT2D eigenvalue weighted by atomic mass is 16.5. The summed E-state index contributed by atoms with van der Waals surface area (Å²) in [5.74, 6) is 0.829. The van der Waals surface area contributed by atoms with Gasteiger partial charge in [-0.3, -0.25) is 0 Å². The molecule has 0 amide bonds. The lowest BCUT2D eigenvalue weighted by atomic mass is 10.5. The molecule has 0 aliphatic heterocycles. The van der Waals surface area contributed by atoms with E-state index >= 15 is 0 Å². The molecule has 0 atom stereocenters. The van der Waals surface area contributed by atoms with Crippen LogP contribution >= 0.6 is 0 Å². The van der Waals surface area contributed by atoms with Crippen LogP contribution in [-0.4, -0.2) is 23.2 Å². The average molecular weight is 195 g/mol. The number of aromatic nitrogens is 2. The van der Waals surface area contributed by atoms with Crippen molar-refractivity contribution in [2.24, 2.45) is 5.92 Å². The zero-order chi connectivity index (χ0) is 9.80. The maximum absolute atomic E-state index is 5.54. The van der Waals surface area contributed by atoms with Gasteiger partial charge in [0.1, 0.15) is 6.73 Å². The fraction of sp³-hybridized carbons (Fsp3) is 0.700. The summed E-state index contributed by atoms with van der Waals surface area (Å²) in [4.78, 5) is 4.24. The van der Waals surface area contributed by atoms with Crippen molar-refractivity contribution >= 4 is 0 Å². The molecule has 0 unspecified atom stereocenters. The van der Waals surface area contributed by atoms with E-state index < -0.39 is 0 Å². The molecule has 0 saturated heterocycles. The molecule has 1 aromatic rings. The molecular weight excluding hydrogens is 178 g/mol. The Labute approximate surface area is 84.3 Å². The largest absolute Gasteiger partial charge is 0.360 e. The highest BCUT2D eigenvalue weighted by Crippen LogP contribution is 2.28. The molecule has 0 aromatic carbocycles. The predicted octanol–water partition coefficient (Wildman–Crippen LogP) is 0.987. The topological polar surface area (TPSA) is 39.1 Å². The maximum atomic E-state index is 5.54. The van der Waals surface area contributed by atoms with E-state index in [1.54, 1.807) is 0 Å². The number of hydrogen-bond acceptors (Lipinski definition) is 3. The lowest BCUT2D eigenvalue weighted by Crippen LogP contribution is -2.05. The van der Waals surface area contributed by atoms with Gasteiger partial charge in [0.15, 0.2) is 0 Å². The molecule has 1 aliphatic rings. The summed E-state index contributed by atoms with van der Waals surface area (Å²) in [5.41, 5.74) is 1.06. The molecule has 4 heteroatoms. The van der Waals surface area contributed by atoms with Gasteiger partial charge in [-0.1, -0.05) is 0 Å². The SMILES string of the molecule is CNCc1cn(COCC2CC2)cn1. The molecule has 0 radical (unpaired) electrons. The van der Waals surface area contributed by atoms with Gasteiger partial charge in [0.2, 0.25) is 0 Å². The Hall–Kier alpha value is -0.870. The standard InChI is InChI=1S/C10H17N3O/c1-11-4-10-5-13(7-12-10)8-14-6-9-2-3-9/h5,7,9,11H,2-4,6,8H2,1H3. The third-order valence-electron chi connectivity index (χ3n) is 2.34. The van der Waals surface area contributed by atoms with Crippen LogP contribution in [0.3, 0.4) is 0 Å². The van der Waals surface area contributed by atoms with Gasteiger partial charge in [-0.25, -0.2) is 4.98 Å². The number of rotatable bonds is 6. The Balaban J connectivity index is 1.71. The Kier molecular flexibility index (Phi) is 3.16. The van der Waals surface area contributed by atoms with E-state index in [1.807, 2.05) is 24.1 Å². The Morgan fingerprint density at radius 1 is 1.64 bits per heavy atom. The fourth-order valence-corrected chi connectivity index (χ4v) is 1.36. The molecule has 1 N–H and O–H groups in total. The average Bonchev–Trinajstić information content (AvgIpc) is 2.88. The second-order valence-electron chi connectivity index (χ2n) is 3.85. The van der Waals surface area contributed by atoms with E-state index in [-0.39, 0.29) is 0 Å². The van der Waals surface area contributed by atoms with Crippen LogP contribution in [0, 0.1) is 5.92 Å². The first-order valence-electron chi connectivity index (χ1n) is 5.11. The number of hydrogen-bond donors (Lipinski definition) is 1. The van der Waals surface area contributed by atoms with Crippen molar-refractivity contribution in [3.8, 4) is 0 Å². The summed E-state index contributed by atoms with van der Waals surface area (Å²) in [6.07, 6.45) is 6.52. The molecule has 1 aromatic heterocycles. The third kappa shape index (κ3) is 2.82. The molecule has 2 rings (SSSR count). The highest BCUT2D eigenvalue weighted by molar-refractivity contribution is 4.95. The highest BCUT2D eigenvalue weighted by Gasteiger charge is 2.20. The van der Waals surface area contributed by atoms with Crippen LogP contribution < -0.4 is 5.32 Å². The first kappa shape index (κ1) is 9.68. The molecule has 0 bridgehead atoms. The molecule has 1 heterocycles. The third-order valence-corrected chi connectivity index (χ3v) is 2.34. The minimum atomic E-state index is 0.632. The number of nitrogens with zero attached hydrogens (tertiary/aromatic N) is 2. The number of imidazole rings is 1. The monoisotopic (exact) mass is 195 g/mol. The van der Waals surface area contributed by atoms with Crippen molar-refractivity contribution in [1.82, 2.24) is 14.9 Å². The summed E-state index contributed by atoms with van der Waals surface area (Å²) in [5, 5.41) is 3.06. The fourth-order valence-electron chi connectivity index (χ4n) is 1.36. The quantitative estimate of drug-likeness (QED) is 0.735. The van der Waals surface area contributed by atoms with E-state index in [9.17, 15) is 0 Å². The molecule has 1 saturated carbocycles.